The number of urea groups is 1. The van der Waals surface area contributed by atoms with Crippen molar-refractivity contribution < 1.29 is 9.59 Å². The molecule has 4 heterocycles. The molecule has 28 heavy (non-hydrogen) atoms. The third-order valence-corrected chi connectivity index (χ3v) is 5.59. The highest BCUT2D eigenvalue weighted by molar-refractivity contribution is 6.05. The minimum atomic E-state index is -0.259. The predicted molar refractivity (Wildman–Crippen MR) is 109 cm³/mol. The summed E-state index contributed by atoms with van der Waals surface area (Å²) in [6.07, 6.45) is 3.93. The van der Waals surface area contributed by atoms with E-state index in [1.165, 1.54) is 0 Å². The van der Waals surface area contributed by atoms with Crippen LogP contribution in [0.15, 0.2) is 36.5 Å². The Balaban J connectivity index is 1.65. The number of hydrogen-bond donors (Lipinski definition) is 1. The molecule has 2 bridgehead atoms. The molecule has 0 unspecified atom stereocenters. The Bertz CT molecular complexity index is 886. The van der Waals surface area contributed by atoms with E-state index >= 15 is 0 Å². The van der Waals surface area contributed by atoms with Crippen molar-refractivity contribution in [3.63, 3.8) is 0 Å². The molecule has 4 rings (SSSR count). The number of nitrogens with one attached hydrogen (secondary N) is 1. The molecule has 7 nitrogen and oxygen atoms in total. The monoisotopic (exact) mass is 379 g/mol. The normalized spacial score (nSPS) is 18.6. The molecule has 2 amide bonds. The molecular formula is C21H25N5O2. The van der Waals surface area contributed by atoms with Crippen LogP contribution in [0.25, 0.3) is 0 Å². The Morgan fingerprint density at radius 1 is 1.29 bits per heavy atom. The van der Waals surface area contributed by atoms with Crippen LogP contribution in [0, 0.1) is 5.92 Å². The zero-order valence-electron chi connectivity index (χ0n) is 16.3. The molecule has 2 aliphatic heterocycles. The van der Waals surface area contributed by atoms with Gasteiger partial charge in [-0.15, -0.1) is 0 Å². The van der Waals surface area contributed by atoms with E-state index in [0.29, 0.717) is 29.7 Å². The van der Waals surface area contributed by atoms with E-state index in [0.717, 1.165) is 31.6 Å². The summed E-state index contributed by atoms with van der Waals surface area (Å²) >= 11 is 0. The number of nitrogens with zero attached hydrogens (tertiary/aromatic N) is 4. The Morgan fingerprint density at radius 2 is 2.14 bits per heavy atom. The van der Waals surface area contributed by atoms with Crippen molar-refractivity contribution in [3.05, 3.63) is 42.2 Å². The van der Waals surface area contributed by atoms with Gasteiger partial charge in [-0.3, -0.25) is 15.0 Å². The Hall–Kier alpha value is -2.96. The maximum Gasteiger partial charge on any atom is 0.329 e. The van der Waals surface area contributed by atoms with Gasteiger partial charge in [0.15, 0.2) is 11.6 Å². The summed E-state index contributed by atoms with van der Waals surface area (Å²) in [5.41, 5.74) is 1.34. The number of amides is 2. The van der Waals surface area contributed by atoms with Crippen molar-refractivity contribution in [1.29, 1.82) is 0 Å². The number of hydrogen-bond acceptors (Lipinski definition) is 5. The number of anilines is 3. The second kappa shape index (κ2) is 7.58. The van der Waals surface area contributed by atoms with Crippen LogP contribution in [0.5, 0.6) is 0 Å². The van der Waals surface area contributed by atoms with Gasteiger partial charge in [-0.25, -0.2) is 14.8 Å². The first-order chi connectivity index (χ1) is 13.6. The quantitative estimate of drug-likeness (QED) is 0.801. The SMILES string of the molecule is CC[C@@H](C)CC(=O)c1ccc2c(n1)N(C(=O)Nc1ccccn1)[C@H]1CCN2C1. The fourth-order valence-corrected chi connectivity index (χ4v) is 3.80. The molecule has 0 spiro atoms. The van der Waals surface area contributed by atoms with Gasteiger partial charge >= 0.3 is 6.03 Å². The van der Waals surface area contributed by atoms with Gasteiger partial charge in [-0.1, -0.05) is 26.3 Å². The number of fused-ring (bicyclic) bond motifs is 4. The fraction of sp³-hybridized carbons (Fsp3) is 0.429. The van der Waals surface area contributed by atoms with Crippen LogP contribution in [-0.2, 0) is 0 Å². The largest absolute Gasteiger partial charge is 0.366 e. The van der Waals surface area contributed by atoms with Gasteiger partial charge in [0.05, 0.1) is 11.7 Å². The molecule has 2 atom stereocenters. The molecule has 146 valence electrons. The van der Waals surface area contributed by atoms with Gasteiger partial charge < -0.3 is 4.90 Å². The Labute approximate surface area is 164 Å². The van der Waals surface area contributed by atoms with Gasteiger partial charge in [0.25, 0.3) is 0 Å². The van der Waals surface area contributed by atoms with E-state index in [2.05, 4.69) is 34.0 Å². The lowest BCUT2D eigenvalue weighted by molar-refractivity contribution is 0.0959. The molecule has 0 radical (unpaired) electrons. The molecular weight excluding hydrogens is 354 g/mol. The van der Waals surface area contributed by atoms with Crippen molar-refractivity contribution in [2.75, 3.05) is 28.2 Å². The van der Waals surface area contributed by atoms with Gasteiger partial charge in [0, 0.05) is 25.7 Å². The first kappa shape index (κ1) is 18.4. The number of carbonyl (C=O) groups excluding carboxylic acids is 2. The lowest BCUT2D eigenvalue weighted by atomic mass is 10.00. The summed E-state index contributed by atoms with van der Waals surface area (Å²) in [5.74, 6) is 1.40. The minimum Gasteiger partial charge on any atom is -0.366 e. The van der Waals surface area contributed by atoms with Crippen LogP contribution in [0.3, 0.4) is 0 Å². The summed E-state index contributed by atoms with van der Waals surface area (Å²) in [7, 11) is 0. The highest BCUT2D eigenvalue weighted by Gasteiger charge is 2.40. The standard InChI is InChI=1S/C21H25N5O2/c1-3-14(2)12-18(27)16-7-8-17-20(23-16)26(15-9-11-25(17)13-15)21(28)24-19-6-4-5-10-22-19/h4-8,10,14-15H,3,9,11-13H2,1-2H3,(H,22,24,28)/t14-,15+/m1/s1. The van der Waals surface area contributed by atoms with Crippen LogP contribution >= 0.6 is 0 Å². The molecule has 1 fully saturated rings. The first-order valence-electron chi connectivity index (χ1n) is 9.87. The molecule has 7 heteroatoms. The van der Waals surface area contributed by atoms with Gasteiger partial charge in [0.2, 0.25) is 0 Å². The number of ketones is 1. The summed E-state index contributed by atoms with van der Waals surface area (Å²) in [4.78, 5) is 38.4. The average Bonchev–Trinajstić information content (AvgIpc) is 3.12. The molecule has 0 saturated carbocycles. The number of aromatic nitrogens is 2. The fourth-order valence-electron chi connectivity index (χ4n) is 3.80. The highest BCUT2D eigenvalue weighted by atomic mass is 16.2. The molecule has 2 aliphatic rings. The van der Waals surface area contributed by atoms with Crippen LogP contribution in [0.2, 0.25) is 0 Å². The molecule has 1 N–H and O–H groups in total. The molecule has 0 aliphatic carbocycles. The van der Waals surface area contributed by atoms with Crippen molar-refractivity contribution in [1.82, 2.24) is 9.97 Å². The zero-order chi connectivity index (χ0) is 19.7. The smallest absolute Gasteiger partial charge is 0.329 e. The second-order valence-electron chi connectivity index (χ2n) is 7.58. The van der Waals surface area contributed by atoms with E-state index in [1.807, 2.05) is 12.1 Å². The highest BCUT2D eigenvalue weighted by Crippen LogP contribution is 2.39. The van der Waals surface area contributed by atoms with Crippen molar-refractivity contribution >= 4 is 29.1 Å². The molecule has 0 aromatic carbocycles. The van der Waals surface area contributed by atoms with Crippen molar-refractivity contribution in [2.24, 2.45) is 5.92 Å². The van der Waals surface area contributed by atoms with E-state index in [9.17, 15) is 9.59 Å². The van der Waals surface area contributed by atoms with Crippen LogP contribution in [0.4, 0.5) is 22.1 Å². The van der Waals surface area contributed by atoms with Gasteiger partial charge in [-0.05, 0) is 36.6 Å². The van der Waals surface area contributed by atoms with Gasteiger partial charge in [0.1, 0.15) is 11.5 Å². The number of rotatable bonds is 5. The number of Topliss-reactive ketones (excluding diaryl/α,β-unsaturated/α-hetero) is 1. The van der Waals surface area contributed by atoms with Crippen molar-refractivity contribution in [2.45, 2.75) is 39.2 Å². The minimum absolute atomic E-state index is 0.0233. The summed E-state index contributed by atoms with van der Waals surface area (Å²) in [6, 6.07) is 8.88. The van der Waals surface area contributed by atoms with E-state index in [-0.39, 0.29) is 17.9 Å². The van der Waals surface area contributed by atoms with Crippen LogP contribution in [0.1, 0.15) is 43.6 Å². The molecule has 2 aromatic rings. The van der Waals surface area contributed by atoms with Crippen molar-refractivity contribution in [3.8, 4) is 0 Å². The number of carbonyl (C=O) groups is 2. The van der Waals surface area contributed by atoms with Crippen LogP contribution in [-0.4, -0.2) is 40.9 Å². The first-order valence-corrected chi connectivity index (χ1v) is 9.87. The third kappa shape index (κ3) is 3.44. The molecule has 1 saturated heterocycles. The zero-order valence-corrected chi connectivity index (χ0v) is 16.3. The number of pyridine rings is 2. The maximum absolute atomic E-state index is 13.1. The van der Waals surface area contributed by atoms with Crippen LogP contribution < -0.4 is 15.1 Å². The maximum atomic E-state index is 13.1. The van der Waals surface area contributed by atoms with E-state index < -0.39 is 0 Å². The Kier molecular flexibility index (Phi) is 4.98. The second-order valence-corrected chi connectivity index (χ2v) is 7.58. The van der Waals surface area contributed by atoms with Gasteiger partial charge in [-0.2, -0.15) is 0 Å². The third-order valence-electron chi connectivity index (χ3n) is 5.59. The lowest BCUT2D eigenvalue weighted by Crippen LogP contribution is -2.48. The van der Waals surface area contributed by atoms with E-state index in [1.54, 1.807) is 29.3 Å². The topological polar surface area (TPSA) is 78.4 Å². The summed E-state index contributed by atoms with van der Waals surface area (Å²) < 4.78 is 0. The molecule has 2 aromatic heterocycles. The summed E-state index contributed by atoms with van der Waals surface area (Å²) in [6.45, 7) is 5.80. The lowest BCUT2D eigenvalue weighted by Gasteiger charge is -2.35. The van der Waals surface area contributed by atoms with E-state index in [4.69, 9.17) is 0 Å². The average molecular weight is 379 g/mol. The summed E-state index contributed by atoms with van der Waals surface area (Å²) in [5, 5.41) is 2.86. The predicted octanol–water partition coefficient (Wildman–Crippen LogP) is 3.73. The Morgan fingerprint density at radius 3 is 2.89 bits per heavy atom.